The van der Waals surface area contributed by atoms with E-state index < -0.39 is 11.9 Å². The van der Waals surface area contributed by atoms with Gasteiger partial charge in [-0.2, -0.15) is 0 Å². The van der Waals surface area contributed by atoms with E-state index in [2.05, 4.69) is 24.0 Å². The molecule has 2 aromatic carbocycles. The van der Waals surface area contributed by atoms with Crippen LogP contribution in [-0.2, 0) is 6.42 Å². The molecule has 0 bridgehead atoms. The molecule has 0 radical (unpaired) electrons. The Morgan fingerprint density at radius 2 is 1.84 bits per heavy atom. The van der Waals surface area contributed by atoms with Crippen LogP contribution in [0.1, 0.15) is 46.6 Å². The highest BCUT2D eigenvalue weighted by molar-refractivity contribution is 7.15. The molecule has 0 fully saturated rings. The van der Waals surface area contributed by atoms with Crippen molar-refractivity contribution >= 4 is 33.3 Å². The molecule has 3 heterocycles. The van der Waals surface area contributed by atoms with E-state index in [4.69, 9.17) is 9.15 Å². The van der Waals surface area contributed by atoms with E-state index in [9.17, 15) is 9.59 Å². The number of ether oxygens (including phenoxy) is 1. The number of carbonyl (C=O) groups excluding carboxylic acids is 1. The summed E-state index contributed by atoms with van der Waals surface area (Å²) < 4.78 is 11.2. The number of anilines is 1. The van der Waals surface area contributed by atoms with E-state index in [1.165, 1.54) is 16.2 Å². The number of hydrogen-bond acceptors (Lipinski definition) is 7. The first-order chi connectivity index (χ1) is 15.5. The van der Waals surface area contributed by atoms with Gasteiger partial charge in [0.25, 0.3) is 5.91 Å². The zero-order chi connectivity index (χ0) is 22.4. The summed E-state index contributed by atoms with van der Waals surface area (Å²) in [6.07, 6.45) is 0.765. The molecule has 5 rings (SSSR count). The summed E-state index contributed by atoms with van der Waals surface area (Å²) in [5.74, 6) is 0.754. The third kappa shape index (κ3) is 3.27. The Morgan fingerprint density at radius 3 is 2.56 bits per heavy atom. The van der Waals surface area contributed by atoms with Crippen molar-refractivity contribution in [3.8, 4) is 5.75 Å². The third-order valence-corrected chi connectivity index (χ3v) is 6.40. The van der Waals surface area contributed by atoms with E-state index in [1.54, 1.807) is 31.4 Å². The van der Waals surface area contributed by atoms with Crippen LogP contribution in [0.25, 0.3) is 11.0 Å². The van der Waals surface area contributed by atoms with Crippen molar-refractivity contribution in [1.82, 2.24) is 10.2 Å². The number of hydrogen-bond donors (Lipinski definition) is 0. The molecular weight excluding hydrogens is 426 g/mol. The summed E-state index contributed by atoms with van der Waals surface area (Å²) in [7, 11) is 1.59. The summed E-state index contributed by atoms with van der Waals surface area (Å²) in [6, 6.07) is 13.6. The van der Waals surface area contributed by atoms with Crippen molar-refractivity contribution in [2.24, 2.45) is 5.92 Å². The van der Waals surface area contributed by atoms with Crippen molar-refractivity contribution in [1.29, 1.82) is 0 Å². The van der Waals surface area contributed by atoms with Gasteiger partial charge in [-0.25, -0.2) is 0 Å². The highest BCUT2D eigenvalue weighted by Gasteiger charge is 2.45. The monoisotopic (exact) mass is 447 g/mol. The minimum atomic E-state index is -0.663. The summed E-state index contributed by atoms with van der Waals surface area (Å²) in [6.45, 7) is 4.21. The van der Waals surface area contributed by atoms with Crippen molar-refractivity contribution in [3.05, 3.63) is 80.6 Å². The standard InChI is InChI=1S/C24H21N3O4S/c1-13(2)12-18-25-26-24(32-18)27-20(14-8-10-15(30-3)11-9-14)19-21(28)16-6-4-5-7-17(16)31-22(19)23(27)29/h4-11,13,20H,12H2,1-3H3/t20-/m1/s1. The molecule has 4 aromatic rings. The van der Waals surface area contributed by atoms with Gasteiger partial charge >= 0.3 is 0 Å². The first-order valence-electron chi connectivity index (χ1n) is 10.3. The van der Waals surface area contributed by atoms with Crippen LogP contribution in [0.3, 0.4) is 0 Å². The molecule has 7 nitrogen and oxygen atoms in total. The first-order valence-corrected chi connectivity index (χ1v) is 11.1. The predicted octanol–water partition coefficient (Wildman–Crippen LogP) is 4.60. The van der Waals surface area contributed by atoms with Crippen LogP contribution < -0.4 is 15.1 Å². The zero-order valence-corrected chi connectivity index (χ0v) is 18.7. The largest absolute Gasteiger partial charge is 0.497 e. The minimum absolute atomic E-state index is 0.0510. The smallest absolute Gasteiger partial charge is 0.297 e. The zero-order valence-electron chi connectivity index (χ0n) is 17.9. The van der Waals surface area contributed by atoms with Crippen molar-refractivity contribution in [2.75, 3.05) is 12.0 Å². The Labute approximate surface area is 188 Å². The number of nitrogens with zero attached hydrogens (tertiary/aromatic N) is 3. The lowest BCUT2D eigenvalue weighted by molar-refractivity contribution is 0.0970. The lowest BCUT2D eigenvalue weighted by atomic mass is 9.98. The summed E-state index contributed by atoms with van der Waals surface area (Å²) >= 11 is 1.36. The molecule has 32 heavy (non-hydrogen) atoms. The number of para-hydroxylation sites is 1. The molecule has 8 heteroatoms. The van der Waals surface area contributed by atoms with Crippen LogP contribution in [0, 0.1) is 5.92 Å². The van der Waals surface area contributed by atoms with E-state index in [1.807, 2.05) is 24.3 Å². The molecule has 1 atom stereocenters. The van der Waals surface area contributed by atoms with Gasteiger partial charge in [0.15, 0.2) is 5.43 Å². The molecule has 2 aromatic heterocycles. The molecule has 0 N–H and O–H groups in total. The molecule has 1 aliphatic rings. The van der Waals surface area contributed by atoms with Gasteiger partial charge in [0.2, 0.25) is 10.9 Å². The van der Waals surface area contributed by atoms with Crippen LogP contribution in [0.4, 0.5) is 5.13 Å². The van der Waals surface area contributed by atoms with Gasteiger partial charge in [-0.05, 0) is 35.7 Å². The Bertz CT molecular complexity index is 1370. The number of methoxy groups -OCH3 is 1. The molecule has 0 saturated carbocycles. The maximum atomic E-state index is 13.5. The Kier molecular flexibility index (Phi) is 5.01. The van der Waals surface area contributed by atoms with E-state index in [-0.39, 0.29) is 11.2 Å². The van der Waals surface area contributed by atoms with Gasteiger partial charge in [-0.15, -0.1) is 10.2 Å². The second-order valence-corrected chi connectivity index (χ2v) is 9.14. The summed E-state index contributed by atoms with van der Waals surface area (Å²) in [5.41, 5.74) is 1.25. The molecule has 0 saturated heterocycles. The average Bonchev–Trinajstić information content (AvgIpc) is 3.36. The number of aromatic nitrogens is 2. The quantitative estimate of drug-likeness (QED) is 0.444. The fourth-order valence-corrected chi connectivity index (χ4v) is 5.07. The van der Waals surface area contributed by atoms with E-state index >= 15 is 0 Å². The summed E-state index contributed by atoms with van der Waals surface area (Å²) in [5, 5.41) is 10.3. The third-order valence-electron chi connectivity index (χ3n) is 5.45. The number of benzene rings is 2. The molecule has 0 aliphatic carbocycles. The normalized spacial score (nSPS) is 15.6. The molecule has 0 spiro atoms. The minimum Gasteiger partial charge on any atom is -0.497 e. The predicted molar refractivity (Wildman–Crippen MR) is 123 cm³/mol. The number of rotatable bonds is 5. The topological polar surface area (TPSA) is 85.5 Å². The van der Waals surface area contributed by atoms with Gasteiger partial charge in [0.1, 0.15) is 16.3 Å². The van der Waals surface area contributed by atoms with Crippen LogP contribution in [0.5, 0.6) is 5.75 Å². The van der Waals surface area contributed by atoms with Gasteiger partial charge in [0.05, 0.1) is 24.1 Å². The fourth-order valence-electron chi connectivity index (χ4n) is 3.99. The number of fused-ring (bicyclic) bond motifs is 2. The van der Waals surface area contributed by atoms with E-state index in [0.29, 0.717) is 33.3 Å². The molecule has 1 aliphatic heterocycles. The Balaban J connectivity index is 1.72. The molecule has 162 valence electrons. The van der Waals surface area contributed by atoms with Crippen LogP contribution in [-0.4, -0.2) is 23.2 Å². The highest BCUT2D eigenvalue weighted by atomic mass is 32.1. The average molecular weight is 448 g/mol. The molecular formula is C24H21N3O4S. The maximum absolute atomic E-state index is 13.5. The summed E-state index contributed by atoms with van der Waals surface area (Å²) in [4.78, 5) is 28.6. The SMILES string of the molecule is COc1ccc([C@@H]2c3c(oc4ccccc4c3=O)C(=O)N2c2nnc(CC(C)C)s2)cc1. The first kappa shape index (κ1) is 20.4. The lowest BCUT2D eigenvalue weighted by Crippen LogP contribution is -2.29. The fraction of sp³-hybridized carbons (Fsp3) is 0.250. The van der Waals surface area contributed by atoms with Gasteiger partial charge < -0.3 is 9.15 Å². The van der Waals surface area contributed by atoms with Crippen molar-refractivity contribution in [2.45, 2.75) is 26.3 Å². The Morgan fingerprint density at radius 1 is 1.09 bits per heavy atom. The second kappa shape index (κ2) is 7.87. The lowest BCUT2D eigenvalue weighted by Gasteiger charge is -2.22. The Hall–Kier alpha value is -3.52. The van der Waals surface area contributed by atoms with Crippen LogP contribution in [0.2, 0.25) is 0 Å². The van der Waals surface area contributed by atoms with Crippen LogP contribution in [0.15, 0.2) is 57.7 Å². The number of amides is 1. The van der Waals surface area contributed by atoms with Crippen molar-refractivity contribution in [3.63, 3.8) is 0 Å². The maximum Gasteiger partial charge on any atom is 0.297 e. The van der Waals surface area contributed by atoms with Gasteiger partial charge in [-0.1, -0.05) is 49.4 Å². The highest BCUT2D eigenvalue weighted by Crippen LogP contribution is 2.42. The number of carbonyl (C=O) groups is 1. The molecule has 1 amide bonds. The molecule has 0 unspecified atom stereocenters. The second-order valence-electron chi connectivity index (χ2n) is 8.10. The van der Waals surface area contributed by atoms with Gasteiger partial charge in [-0.3, -0.25) is 14.5 Å². The van der Waals surface area contributed by atoms with Crippen LogP contribution >= 0.6 is 11.3 Å². The van der Waals surface area contributed by atoms with Crippen molar-refractivity contribution < 1.29 is 13.9 Å². The van der Waals surface area contributed by atoms with E-state index in [0.717, 1.165) is 17.0 Å². The van der Waals surface area contributed by atoms with Gasteiger partial charge in [0, 0.05) is 6.42 Å².